The van der Waals surface area contributed by atoms with E-state index in [9.17, 15) is 39.9 Å². The van der Waals surface area contributed by atoms with Crippen molar-refractivity contribution in [3.63, 3.8) is 0 Å². The molecule has 0 aliphatic carbocycles. The Morgan fingerprint density at radius 3 is 1.85 bits per heavy atom. The third kappa shape index (κ3) is 5.25. The van der Waals surface area contributed by atoms with Gasteiger partial charge in [-0.15, -0.1) is 24.9 Å². The van der Waals surface area contributed by atoms with Crippen LogP contribution < -0.4 is 10.1 Å². The summed E-state index contributed by atoms with van der Waals surface area (Å²) in [5.41, 5.74) is 0.0209. The van der Waals surface area contributed by atoms with Gasteiger partial charge in [-0.2, -0.15) is 0 Å². The fourth-order valence-electron chi connectivity index (χ4n) is 1.79. The molecular weight excluding hydrogens is 410 g/mol. The summed E-state index contributed by atoms with van der Waals surface area (Å²) >= 11 is 0.0669. The third-order valence-corrected chi connectivity index (χ3v) is 3.94. The van der Waals surface area contributed by atoms with Crippen molar-refractivity contribution in [1.29, 1.82) is 0 Å². The molecule has 1 N–H and O–H groups in total. The van der Waals surface area contributed by atoms with Gasteiger partial charge in [0.1, 0.15) is 5.75 Å². The first-order valence-corrected chi connectivity index (χ1v) is 7.78. The summed E-state index contributed by atoms with van der Waals surface area (Å²) < 4.78 is 106. The van der Waals surface area contributed by atoms with E-state index < -0.39 is 57.8 Å². The maximum Gasteiger partial charge on any atom is 0.573 e. The van der Waals surface area contributed by atoms with E-state index in [0.717, 1.165) is 24.3 Å². The molecule has 0 aliphatic heterocycles. The third-order valence-electron chi connectivity index (χ3n) is 2.89. The summed E-state index contributed by atoms with van der Waals surface area (Å²) in [6.07, 6.45) is -4.89. The van der Waals surface area contributed by atoms with E-state index in [4.69, 9.17) is 0 Å². The van der Waals surface area contributed by atoms with Crippen molar-refractivity contribution in [2.24, 2.45) is 0 Å². The second-order valence-electron chi connectivity index (χ2n) is 4.81. The molecule has 0 saturated heterocycles. The number of halogens is 8. The second-order valence-corrected chi connectivity index (χ2v) is 5.79. The topological polar surface area (TPSA) is 38.3 Å². The van der Waals surface area contributed by atoms with Gasteiger partial charge in [0.25, 0.3) is 0 Å². The van der Waals surface area contributed by atoms with E-state index in [1.807, 2.05) is 0 Å². The highest BCUT2D eigenvalue weighted by Gasteiger charge is 2.31. The van der Waals surface area contributed by atoms with E-state index in [-0.39, 0.29) is 17.4 Å². The number of carbonyl (C=O) groups is 1. The van der Waals surface area contributed by atoms with E-state index in [1.165, 1.54) is 0 Å². The largest absolute Gasteiger partial charge is 0.573 e. The SMILES string of the molecule is O=C(CSc1c(F)c(F)c(F)c(F)c1F)Nc1ccc(OC(F)(F)F)cc1. The van der Waals surface area contributed by atoms with Gasteiger partial charge in [-0.25, -0.2) is 22.0 Å². The monoisotopic (exact) mass is 417 g/mol. The van der Waals surface area contributed by atoms with Gasteiger partial charge in [0.15, 0.2) is 23.3 Å². The number of alkyl halides is 3. The Morgan fingerprint density at radius 1 is 0.889 bits per heavy atom. The lowest BCUT2D eigenvalue weighted by molar-refractivity contribution is -0.274. The molecule has 0 aliphatic rings. The molecule has 0 radical (unpaired) electrons. The molecular formula is C15H7F8NO2S. The van der Waals surface area contributed by atoms with Gasteiger partial charge in [0.2, 0.25) is 11.7 Å². The first-order chi connectivity index (χ1) is 12.5. The van der Waals surface area contributed by atoms with Gasteiger partial charge in [0, 0.05) is 5.69 Å². The van der Waals surface area contributed by atoms with Crippen LogP contribution in [0.3, 0.4) is 0 Å². The zero-order valence-electron chi connectivity index (χ0n) is 12.8. The predicted octanol–water partition coefficient (Wildman–Crippen LogP) is 5.01. The lowest BCUT2D eigenvalue weighted by Gasteiger charge is -2.10. The molecule has 12 heteroatoms. The number of rotatable bonds is 5. The van der Waals surface area contributed by atoms with Crippen LogP contribution in [-0.4, -0.2) is 18.0 Å². The van der Waals surface area contributed by atoms with Gasteiger partial charge in [-0.05, 0) is 24.3 Å². The van der Waals surface area contributed by atoms with Crippen molar-refractivity contribution < 1.29 is 44.7 Å². The van der Waals surface area contributed by atoms with Crippen LogP contribution in [0.5, 0.6) is 5.75 Å². The Labute approximate surface area is 150 Å². The smallest absolute Gasteiger partial charge is 0.406 e. The molecule has 27 heavy (non-hydrogen) atoms. The van der Waals surface area contributed by atoms with Crippen LogP contribution in [0.2, 0.25) is 0 Å². The summed E-state index contributed by atoms with van der Waals surface area (Å²) in [4.78, 5) is 10.5. The van der Waals surface area contributed by atoms with Crippen molar-refractivity contribution in [2.45, 2.75) is 11.3 Å². The van der Waals surface area contributed by atoms with Crippen LogP contribution >= 0.6 is 11.8 Å². The summed E-state index contributed by atoms with van der Waals surface area (Å²) in [5.74, 6) is -12.9. The average molecular weight is 417 g/mol. The average Bonchev–Trinajstić information content (AvgIpc) is 2.58. The second kappa shape index (κ2) is 8.03. The standard InChI is InChI=1S/C15H7F8NO2S/c16-9-10(17)12(19)14(13(20)11(9)18)27-5-8(25)24-6-1-3-7(4-2-6)26-15(21,22)23/h1-4H,5H2,(H,24,25). The van der Waals surface area contributed by atoms with Gasteiger partial charge < -0.3 is 10.1 Å². The Balaban J connectivity index is 2.01. The van der Waals surface area contributed by atoms with Gasteiger partial charge >= 0.3 is 6.36 Å². The van der Waals surface area contributed by atoms with Gasteiger partial charge in [-0.3, -0.25) is 4.79 Å². The number of ether oxygens (including phenoxy) is 1. The quantitative estimate of drug-likeness (QED) is 0.322. The minimum Gasteiger partial charge on any atom is -0.406 e. The molecule has 2 aromatic rings. The molecule has 1 amide bonds. The maximum absolute atomic E-state index is 13.5. The molecule has 2 rings (SSSR count). The first-order valence-electron chi connectivity index (χ1n) is 6.79. The lowest BCUT2D eigenvalue weighted by Crippen LogP contribution is -2.17. The molecule has 0 unspecified atom stereocenters. The minimum absolute atomic E-state index is 0.0209. The Morgan fingerprint density at radius 2 is 1.37 bits per heavy atom. The zero-order valence-corrected chi connectivity index (χ0v) is 13.6. The molecule has 2 aromatic carbocycles. The number of benzene rings is 2. The van der Waals surface area contributed by atoms with Crippen LogP contribution in [0.25, 0.3) is 0 Å². The normalized spacial score (nSPS) is 11.4. The molecule has 0 aromatic heterocycles. The van der Waals surface area contributed by atoms with E-state index in [0.29, 0.717) is 0 Å². The Kier molecular flexibility index (Phi) is 6.19. The maximum atomic E-state index is 13.5. The summed E-state index contributed by atoms with van der Waals surface area (Å²) in [5, 5.41) is 2.18. The molecule has 0 spiro atoms. The summed E-state index contributed by atoms with van der Waals surface area (Å²) in [6.45, 7) is 0. The molecule has 0 fully saturated rings. The highest BCUT2D eigenvalue weighted by atomic mass is 32.2. The van der Waals surface area contributed by atoms with Crippen molar-refractivity contribution in [3.8, 4) is 5.75 Å². The van der Waals surface area contributed by atoms with Crippen molar-refractivity contribution >= 4 is 23.4 Å². The molecule has 146 valence electrons. The highest BCUT2D eigenvalue weighted by Crippen LogP contribution is 2.31. The number of nitrogens with one attached hydrogen (secondary N) is 1. The Bertz CT molecular complexity index is 825. The number of carbonyl (C=O) groups excluding carboxylic acids is 1. The van der Waals surface area contributed by atoms with Crippen LogP contribution in [0.4, 0.5) is 40.8 Å². The van der Waals surface area contributed by atoms with Crippen LogP contribution in [0.1, 0.15) is 0 Å². The lowest BCUT2D eigenvalue weighted by atomic mass is 10.3. The van der Waals surface area contributed by atoms with Crippen molar-refractivity contribution in [2.75, 3.05) is 11.1 Å². The van der Waals surface area contributed by atoms with E-state index in [2.05, 4.69) is 10.1 Å². The van der Waals surface area contributed by atoms with Crippen molar-refractivity contribution in [1.82, 2.24) is 0 Å². The van der Waals surface area contributed by atoms with E-state index >= 15 is 0 Å². The highest BCUT2D eigenvalue weighted by molar-refractivity contribution is 8.00. The Hall–Kier alpha value is -2.50. The van der Waals surface area contributed by atoms with E-state index in [1.54, 1.807) is 0 Å². The van der Waals surface area contributed by atoms with Crippen LogP contribution in [0, 0.1) is 29.1 Å². The summed E-state index contributed by atoms with van der Waals surface area (Å²) in [6, 6.07) is 3.92. The number of anilines is 1. The summed E-state index contributed by atoms with van der Waals surface area (Å²) in [7, 11) is 0. The molecule has 0 atom stereocenters. The van der Waals surface area contributed by atoms with Gasteiger partial charge in [0.05, 0.1) is 10.6 Å². The molecule has 3 nitrogen and oxygen atoms in total. The fraction of sp³-hybridized carbons (Fsp3) is 0.133. The van der Waals surface area contributed by atoms with Crippen molar-refractivity contribution in [3.05, 3.63) is 53.4 Å². The molecule has 0 bridgehead atoms. The molecule has 0 heterocycles. The first kappa shape index (κ1) is 20.8. The van der Waals surface area contributed by atoms with Crippen LogP contribution in [0.15, 0.2) is 29.2 Å². The zero-order chi connectivity index (χ0) is 20.4. The fourth-order valence-corrected chi connectivity index (χ4v) is 2.57. The number of amides is 1. The molecule has 0 saturated carbocycles. The predicted molar refractivity (Wildman–Crippen MR) is 78.7 cm³/mol. The number of thioether (sulfide) groups is 1. The minimum atomic E-state index is -4.89. The van der Waals surface area contributed by atoms with Gasteiger partial charge in [-0.1, -0.05) is 0 Å². The number of hydrogen-bond acceptors (Lipinski definition) is 3. The number of hydrogen-bond donors (Lipinski definition) is 1. The van der Waals surface area contributed by atoms with Crippen LogP contribution in [-0.2, 0) is 4.79 Å².